The van der Waals surface area contributed by atoms with Crippen LogP contribution in [0.2, 0.25) is 0 Å². The number of aromatic nitrogens is 3. The zero-order chi connectivity index (χ0) is 14.5. The van der Waals surface area contributed by atoms with Crippen LogP contribution in [-0.4, -0.2) is 36.3 Å². The second-order valence-electron chi connectivity index (χ2n) is 4.38. The minimum Gasteiger partial charge on any atom is -0.493 e. The number of aryl methyl sites for hydroxylation is 3. The molecule has 0 saturated heterocycles. The molecule has 2 aromatic rings. The molecular weight excluding hydrogens is 258 g/mol. The highest BCUT2D eigenvalue weighted by Crippen LogP contribution is 2.40. The van der Waals surface area contributed by atoms with Gasteiger partial charge in [0.25, 0.3) is 0 Å². The van der Waals surface area contributed by atoms with Gasteiger partial charge in [-0.15, -0.1) is 5.10 Å². The van der Waals surface area contributed by atoms with E-state index in [4.69, 9.17) is 14.2 Å². The minimum absolute atomic E-state index is 0.617. The van der Waals surface area contributed by atoms with Crippen molar-refractivity contribution in [3.63, 3.8) is 0 Å². The van der Waals surface area contributed by atoms with Crippen molar-refractivity contribution in [2.24, 2.45) is 7.05 Å². The molecule has 1 aromatic heterocycles. The lowest BCUT2D eigenvalue weighted by Gasteiger charge is -2.15. The largest absolute Gasteiger partial charge is 0.493 e. The van der Waals surface area contributed by atoms with Gasteiger partial charge in [0.2, 0.25) is 5.75 Å². The molecule has 108 valence electrons. The summed E-state index contributed by atoms with van der Waals surface area (Å²) in [6.45, 7) is 0. The first kappa shape index (κ1) is 14.2. The van der Waals surface area contributed by atoms with E-state index < -0.39 is 0 Å². The van der Waals surface area contributed by atoms with Crippen molar-refractivity contribution < 1.29 is 14.2 Å². The topological polar surface area (TPSA) is 58.4 Å². The van der Waals surface area contributed by atoms with Crippen LogP contribution < -0.4 is 14.2 Å². The molecule has 0 N–H and O–H groups in total. The van der Waals surface area contributed by atoms with Crippen LogP contribution in [0.5, 0.6) is 17.2 Å². The summed E-state index contributed by atoms with van der Waals surface area (Å²) >= 11 is 0. The van der Waals surface area contributed by atoms with Gasteiger partial charge in [-0.25, -0.2) is 0 Å². The molecule has 0 atom stereocenters. The highest BCUT2D eigenvalue weighted by Gasteiger charge is 2.15. The third-order valence-electron chi connectivity index (χ3n) is 3.09. The van der Waals surface area contributed by atoms with Crippen LogP contribution in [0, 0.1) is 0 Å². The molecule has 6 nitrogen and oxygen atoms in total. The SMILES string of the molecule is COc1ccc(CCc2cn(C)nn2)c(OC)c1OC. The number of rotatable bonds is 6. The fourth-order valence-electron chi connectivity index (χ4n) is 2.13. The predicted molar refractivity (Wildman–Crippen MR) is 74.5 cm³/mol. The van der Waals surface area contributed by atoms with Gasteiger partial charge in [-0.3, -0.25) is 4.68 Å². The maximum Gasteiger partial charge on any atom is 0.203 e. The molecule has 0 fully saturated rings. The lowest BCUT2D eigenvalue weighted by molar-refractivity contribution is 0.322. The van der Waals surface area contributed by atoms with Gasteiger partial charge in [0.1, 0.15) is 0 Å². The van der Waals surface area contributed by atoms with Gasteiger partial charge < -0.3 is 14.2 Å². The Kier molecular flexibility index (Phi) is 4.45. The summed E-state index contributed by atoms with van der Waals surface area (Å²) in [5, 5.41) is 8.00. The van der Waals surface area contributed by atoms with Crippen LogP contribution in [0.25, 0.3) is 0 Å². The van der Waals surface area contributed by atoms with Crippen molar-refractivity contribution in [3.05, 3.63) is 29.6 Å². The molecule has 0 amide bonds. The van der Waals surface area contributed by atoms with Gasteiger partial charge in [-0.1, -0.05) is 11.3 Å². The van der Waals surface area contributed by atoms with Crippen LogP contribution in [0.1, 0.15) is 11.3 Å². The summed E-state index contributed by atoms with van der Waals surface area (Å²) in [7, 11) is 6.69. The maximum absolute atomic E-state index is 5.46. The van der Waals surface area contributed by atoms with E-state index in [1.807, 2.05) is 25.4 Å². The quantitative estimate of drug-likeness (QED) is 0.803. The van der Waals surface area contributed by atoms with Gasteiger partial charge in [-0.05, 0) is 24.5 Å². The Morgan fingerprint density at radius 3 is 2.30 bits per heavy atom. The van der Waals surface area contributed by atoms with Crippen LogP contribution in [-0.2, 0) is 19.9 Å². The van der Waals surface area contributed by atoms with E-state index in [0.717, 1.165) is 24.1 Å². The van der Waals surface area contributed by atoms with Crippen molar-refractivity contribution >= 4 is 0 Å². The van der Waals surface area contributed by atoms with E-state index in [0.29, 0.717) is 17.2 Å². The molecule has 0 spiro atoms. The number of benzene rings is 1. The first-order valence-corrected chi connectivity index (χ1v) is 6.32. The maximum atomic E-state index is 5.46. The summed E-state index contributed by atoms with van der Waals surface area (Å²) in [4.78, 5) is 0. The second kappa shape index (κ2) is 6.27. The number of hydrogen-bond donors (Lipinski definition) is 0. The normalized spacial score (nSPS) is 10.4. The molecule has 0 unspecified atom stereocenters. The average Bonchev–Trinajstić information content (AvgIpc) is 2.89. The number of ether oxygens (including phenoxy) is 3. The fourth-order valence-corrected chi connectivity index (χ4v) is 2.13. The van der Waals surface area contributed by atoms with E-state index in [9.17, 15) is 0 Å². The number of methoxy groups -OCH3 is 3. The lowest BCUT2D eigenvalue weighted by Crippen LogP contribution is -2.00. The highest BCUT2D eigenvalue weighted by molar-refractivity contribution is 5.55. The molecule has 1 heterocycles. The van der Waals surface area contributed by atoms with E-state index >= 15 is 0 Å². The van der Waals surface area contributed by atoms with E-state index in [1.165, 1.54) is 0 Å². The summed E-state index contributed by atoms with van der Waals surface area (Å²) in [6, 6.07) is 3.86. The summed E-state index contributed by atoms with van der Waals surface area (Å²) < 4.78 is 17.8. The Morgan fingerprint density at radius 2 is 1.75 bits per heavy atom. The number of hydrogen-bond acceptors (Lipinski definition) is 5. The summed E-state index contributed by atoms with van der Waals surface area (Å²) in [5.41, 5.74) is 2.00. The van der Waals surface area contributed by atoms with E-state index in [2.05, 4.69) is 10.3 Å². The highest BCUT2D eigenvalue weighted by atomic mass is 16.5. The first-order valence-electron chi connectivity index (χ1n) is 6.32. The Morgan fingerprint density at radius 1 is 1.00 bits per heavy atom. The van der Waals surface area contributed by atoms with Gasteiger partial charge >= 0.3 is 0 Å². The predicted octanol–water partition coefficient (Wildman–Crippen LogP) is 1.63. The molecule has 6 heteroatoms. The second-order valence-corrected chi connectivity index (χ2v) is 4.38. The van der Waals surface area contributed by atoms with E-state index in [-0.39, 0.29) is 0 Å². The van der Waals surface area contributed by atoms with Crippen LogP contribution >= 0.6 is 0 Å². The van der Waals surface area contributed by atoms with Crippen molar-refractivity contribution in [1.29, 1.82) is 0 Å². The molecule has 0 saturated carbocycles. The fraction of sp³-hybridized carbons (Fsp3) is 0.429. The smallest absolute Gasteiger partial charge is 0.203 e. The minimum atomic E-state index is 0.617. The zero-order valence-electron chi connectivity index (χ0n) is 12.2. The van der Waals surface area contributed by atoms with Gasteiger partial charge in [0, 0.05) is 13.2 Å². The van der Waals surface area contributed by atoms with Crippen LogP contribution in [0.4, 0.5) is 0 Å². The standard InChI is InChI=1S/C14H19N3O3/c1-17-9-11(15-16-17)7-5-10-6-8-12(18-2)14(20-4)13(10)19-3/h6,8-9H,5,7H2,1-4H3. The van der Waals surface area contributed by atoms with Gasteiger partial charge in [0.15, 0.2) is 11.5 Å². The van der Waals surface area contributed by atoms with Crippen molar-refractivity contribution in [2.75, 3.05) is 21.3 Å². The average molecular weight is 277 g/mol. The summed E-state index contributed by atoms with van der Waals surface area (Å²) in [5.74, 6) is 1.98. The monoisotopic (exact) mass is 277 g/mol. The van der Waals surface area contributed by atoms with Gasteiger partial charge in [-0.2, -0.15) is 0 Å². The molecule has 0 aliphatic rings. The number of nitrogens with zero attached hydrogens (tertiary/aromatic N) is 3. The molecule has 0 radical (unpaired) electrons. The molecule has 0 aliphatic carbocycles. The summed E-state index contributed by atoms with van der Waals surface area (Å²) in [6.07, 6.45) is 3.50. The Labute approximate surface area is 118 Å². The molecule has 0 aliphatic heterocycles. The molecule has 1 aromatic carbocycles. The third kappa shape index (κ3) is 2.84. The lowest BCUT2D eigenvalue weighted by atomic mass is 10.1. The molecule has 2 rings (SSSR count). The molecular formula is C14H19N3O3. The van der Waals surface area contributed by atoms with Crippen LogP contribution in [0.15, 0.2) is 18.3 Å². The third-order valence-corrected chi connectivity index (χ3v) is 3.09. The van der Waals surface area contributed by atoms with Crippen molar-refractivity contribution in [1.82, 2.24) is 15.0 Å². The first-order chi connectivity index (χ1) is 9.69. The van der Waals surface area contributed by atoms with Gasteiger partial charge in [0.05, 0.1) is 27.0 Å². The molecule has 20 heavy (non-hydrogen) atoms. The molecule has 0 bridgehead atoms. The van der Waals surface area contributed by atoms with Crippen LogP contribution in [0.3, 0.4) is 0 Å². The van der Waals surface area contributed by atoms with Crippen molar-refractivity contribution in [2.45, 2.75) is 12.8 Å². The Bertz CT molecular complexity index is 581. The zero-order valence-corrected chi connectivity index (χ0v) is 12.2. The Balaban J connectivity index is 2.22. The Hall–Kier alpha value is -2.24. The van der Waals surface area contributed by atoms with E-state index in [1.54, 1.807) is 26.0 Å². The van der Waals surface area contributed by atoms with Crippen molar-refractivity contribution in [3.8, 4) is 17.2 Å².